The molecule has 0 heterocycles. The molecule has 0 saturated carbocycles. The van der Waals surface area contributed by atoms with Gasteiger partial charge in [-0.15, -0.1) is 0 Å². The summed E-state index contributed by atoms with van der Waals surface area (Å²) >= 11 is 11.8. The highest BCUT2D eigenvalue weighted by atomic mass is 35.5. The molecule has 1 aromatic carbocycles. The molecule has 98 valence electrons. The Labute approximate surface area is 114 Å². The van der Waals surface area contributed by atoms with E-state index in [0.29, 0.717) is 10.7 Å². The van der Waals surface area contributed by atoms with Gasteiger partial charge in [0, 0.05) is 6.54 Å². The summed E-state index contributed by atoms with van der Waals surface area (Å²) < 4.78 is 0. The smallest absolute Gasteiger partial charge is 0.323 e. The fourth-order valence-corrected chi connectivity index (χ4v) is 1.83. The maximum atomic E-state index is 10.8. The van der Waals surface area contributed by atoms with Crippen LogP contribution in [0.1, 0.15) is 6.42 Å². The van der Waals surface area contributed by atoms with Gasteiger partial charge in [-0.1, -0.05) is 29.3 Å². The van der Waals surface area contributed by atoms with Crippen LogP contribution in [-0.2, 0) is 9.59 Å². The van der Waals surface area contributed by atoms with Crippen LogP contribution in [0.5, 0.6) is 0 Å². The lowest BCUT2D eigenvalue weighted by Crippen LogP contribution is -2.32. The Kier molecular flexibility index (Phi) is 5.25. The lowest BCUT2D eigenvalue weighted by Gasteiger charge is -2.23. The number of anilines is 1. The quantitative estimate of drug-likeness (QED) is 0.841. The highest BCUT2D eigenvalue weighted by Gasteiger charge is 2.16. The number of nitrogens with zero attached hydrogens (tertiary/aromatic N) is 1. The highest BCUT2D eigenvalue weighted by Crippen LogP contribution is 2.32. The van der Waals surface area contributed by atoms with Crippen molar-refractivity contribution in [3.63, 3.8) is 0 Å². The number of benzene rings is 1. The Morgan fingerprint density at radius 3 is 2.39 bits per heavy atom. The normalized spacial score (nSPS) is 10.1. The van der Waals surface area contributed by atoms with Gasteiger partial charge in [0.15, 0.2) is 0 Å². The average molecular weight is 292 g/mol. The van der Waals surface area contributed by atoms with Crippen molar-refractivity contribution in [3.05, 3.63) is 28.2 Å². The second kappa shape index (κ2) is 6.47. The van der Waals surface area contributed by atoms with Gasteiger partial charge in [0.05, 0.1) is 22.2 Å². The van der Waals surface area contributed by atoms with Crippen molar-refractivity contribution < 1.29 is 19.8 Å². The van der Waals surface area contributed by atoms with Crippen LogP contribution in [0, 0.1) is 0 Å². The van der Waals surface area contributed by atoms with E-state index in [1.807, 2.05) is 0 Å². The molecule has 0 aliphatic carbocycles. The first-order valence-corrected chi connectivity index (χ1v) is 5.80. The summed E-state index contributed by atoms with van der Waals surface area (Å²) in [4.78, 5) is 22.7. The minimum atomic E-state index is -1.07. The third-order valence-electron chi connectivity index (χ3n) is 2.19. The topological polar surface area (TPSA) is 77.8 Å². The number of hydrogen-bond donors (Lipinski definition) is 2. The first-order valence-electron chi connectivity index (χ1n) is 5.04. The van der Waals surface area contributed by atoms with Gasteiger partial charge < -0.3 is 15.1 Å². The number of carbonyl (C=O) groups is 2. The Bertz CT molecular complexity index is 464. The van der Waals surface area contributed by atoms with E-state index in [9.17, 15) is 9.59 Å². The SMILES string of the molecule is O=C(O)CCN(CC(=O)O)c1cccc(Cl)c1Cl. The fraction of sp³-hybridized carbons (Fsp3) is 0.273. The van der Waals surface area contributed by atoms with Gasteiger partial charge in [0.1, 0.15) is 6.54 Å². The summed E-state index contributed by atoms with van der Waals surface area (Å²) in [6.07, 6.45) is -0.184. The number of hydrogen-bond acceptors (Lipinski definition) is 3. The molecule has 0 aliphatic rings. The number of aliphatic carboxylic acids is 2. The molecule has 0 spiro atoms. The Morgan fingerprint density at radius 2 is 1.83 bits per heavy atom. The standard InChI is InChI=1S/C11H11Cl2NO4/c12-7-2-1-3-8(11(7)13)14(6-10(17)18)5-4-9(15)16/h1-3H,4-6H2,(H,15,16)(H,17,18). The Hall–Kier alpha value is -1.46. The fourth-order valence-electron chi connectivity index (χ4n) is 1.42. The van der Waals surface area contributed by atoms with E-state index in [1.165, 1.54) is 4.90 Å². The number of rotatable bonds is 6. The van der Waals surface area contributed by atoms with E-state index in [0.717, 1.165) is 0 Å². The molecule has 18 heavy (non-hydrogen) atoms. The van der Waals surface area contributed by atoms with Crippen molar-refractivity contribution in [3.8, 4) is 0 Å². The van der Waals surface area contributed by atoms with E-state index in [1.54, 1.807) is 18.2 Å². The highest BCUT2D eigenvalue weighted by molar-refractivity contribution is 6.43. The second-order valence-corrected chi connectivity index (χ2v) is 4.32. The lowest BCUT2D eigenvalue weighted by molar-refractivity contribution is -0.138. The van der Waals surface area contributed by atoms with Crippen LogP contribution < -0.4 is 4.90 Å². The van der Waals surface area contributed by atoms with E-state index in [-0.39, 0.29) is 24.5 Å². The van der Waals surface area contributed by atoms with Crippen LogP contribution in [-0.4, -0.2) is 35.2 Å². The molecule has 7 heteroatoms. The number of carboxylic acids is 2. The molecular weight excluding hydrogens is 281 g/mol. The molecule has 5 nitrogen and oxygen atoms in total. The minimum absolute atomic E-state index is 0.0433. The maximum absolute atomic E-state index is 10.8. The summed E-state index contributed by atoms with van der Waals surface area (Å²) in [7, 11) is 0. The minimum Gasteiger partial charge on any atom is -0.481 e. The summed E-state index contributed by atoms with van der Waals surface area (Å²) in [5.74, 6) is -2.08. The largest absolute Gasteiger partial charge is 0.481 e. The predicted molar refractivity (Wildman–Crippen MR) is 68.6 cm³/mol. The van der Waals surface area contributed by atoms with Gasteiger partial charge in [0.25, 0.3) is 0 Å². The van der Waals surface area contributed by atoms with Crippen molar-refractivity contribution >= 4 is 40.8 Å². The first kappa shape index (κ1) is 14.6. The average Bonchev–Trinajstić information content (AvgIpc) is 2.27. The van der Waals surface area contributed by atoms with Gasteiger partial charge in [-0.2, -0.15) is 0 Å². The van der Waals surface area contributed by atoms with Crippen LogP contribution in [0.4, 0.5) is 5.69 Å². The second-order valence-electron chi connectivity index (χ2n) is 3.53. The van der Waals surface area contributed by atoms with Gasteiger partial charge in [-0.3, -0.25) is 9.59 Å². The molecule has 0 amide bonds. The van der Waals surface area contributed by atoms with Crippen molar-refractivity contribution in [1.82, 2.24) is 0 Å². The van der Waals surface area contributed by atoms with Crippen molar-refractivity contribution in [1.29, 1.82) is 0 Å². The first-order chi connectivity index (χ1) is 8.41. The molecular formula is C11H11Cl2NO4. The molecule has 0 aliphatic heterocycles. The zero-order valence-corrected chi connectivity index (χ0v) is 10.8. The van der Waals surface area contributed by atoms with Gasteiger partial charge in [-0.05, 0) is 12.1 Å². The summed E-state index contributed by atoms with van der Waals surface area (Å²) in [5, 5.41) is 17.9. The Morgan fingerprint density at radius 1 is 1.17 bits per heavy atom. The molecule has 2 N–H and O–H groups in total. The molecule has 0 bridgehead atoms. The number of halogens is 2. The van der Waals surface area contributed by atoms with E-state index in [4.69, 9.17) is 33.4 Å². The van der Waals surface area contributed by atoms with Gasteiger partial charge in [-0.25, -0.2) is 0 Å². The van der Waals surface area contributed by atoms with Gasteiger partial charge >= 0.3 is 11.9 Å². The molecule has 1 aromatic rings. The third-order valence-corrected chi connectivity index (χ3v) is 3.00. The van der Waals surface area contributed by atoms with Crippen LogP contribution >= 0.6 is 23.2 Å². The zero-order chi connectivity index (χ0) is 13.7. The molecule has 0 saturated heterocycles. The van der Waals surface area contributed by atoms with Crippen molar-refractivity contribution in [2.24, 2.45) is 0 Å². The van der Waals surface area contributed by atoms with E-state index >= 15 is 0 Å². The summed E-state index contributed by atoms with van der Waals surface area (Å²) in [6.45, 7) is -0.297. The van der Waals surface area contributed by atoms with E-state index < -0.39 is 11.9 Å². The van der Waals surface area contributed by atoms with Crippen LogP contribution in [0.25, 0.3) is 0 Å². The monoisotopic (exact) mass is 291 g/mol. The number of carboxylic acid groups (broad SMARTS) is 2. The van der Waals surface area contributed by atoms with Gasteiger partial charge in [0.2, 0.25) is 0 Å². The summed E-state index contributed by atoms with van der Waals surface area (Å²) in [5.41, 5.74) is 0.410. The molecule has 0 unspecified atom stereocenters. The van der Waals surface area contributed by atoms with Crippen molar-refractivity contribution in [2.45, 2.75) is 6.42 Å². The molecule has 0 radical (unpaired) electrons. The van der Waals surface area contributed by atoms with Crippen LogP contribution in [0.3, 0.4) is 0 Å². The summed E-state index contributed by atoms with van der Waals surface area (Å²) in [6, 6.07) is 4.79. The lowest BCUT2D eigenvalue weighted by atomic mass is 10.2. The molecule has 0 aromatic heterocycles. The molecule has 1 rings (SSSR count). The zero-order valence-electron chi connectivity index (χ0n) is 9.27. The predicted octanol–water partition coefficient (Wildman–Crippen LogP) is 2.36. The van der Waals surface area contributed by atoms with E-state index in [2.05, 4.69) is 0 Å². The Balaban J connectivity index is 2.97. The van der Waals surface area contributed by atoms with Crippen LogP contribution in [0.2, 0.25) is 10.0 Å². The molecule has 0 atom stereocenters. The maximum Gasteiger partial charge on any atom is 0.323 e. The molecule has 0 fully saturated rings. The van der Waals surface area contributed by atoms with Crippen molar-refractivity contribution in [2.75, 3.05) is 18.0 Å². The third kappa shape index (κ3) is 4.09. The van der Waals surface area contributed by atoms with Crippen LogP contribution in [0.15, 0.2) is 18.2 Å².